The van der Waals surface area contributed by atoms with Gasteiger partial charge in [0.15, 0.2) is 5.17 Å². The molecule has 0 bridgehead atoms. The zero-order chi connectivity index (χ0) is 20.0. The van der Waals surface area contributed by atoms with E-state index in [1.54, 1.807) is 54.8 Å². The Labute approximate surface area is 174 Å². The predicted octanol–water partition coefficient (Wildman–Crippen LogP) is 4.39. The number of aryl methyl sites for hydroxylation is 2. The van der Waals surface area contributed by atoms with Gasteiger partial charge in [-0.25, -0.2) is 4.98 Å². The van der Waals surface area contributed by atoms with Crippen LogP contribution in [0, 0.1) is 13.8 Å². The Balaban J connectivity index is 1.86. The van der Waals surface area contributed by atoms with Crippen LogP contribution < -0.4 is 10.5 Å². The zero-order valence-electron chi connectivity index (χ0n) is 15.4. The van der Waals surface area contributed by atoms with Crippen molar-refractivity contribution in [3.63, 3.8) is 0 Å². The number of rotatable bonds is 2. The van der Waals surface area contributed by atoms with Crippen LogP contribution in [0.15, 0.2) is 34.1 Å². The number of H-pyrrole nitrogens is 1. The number of benzene rings is 1. The van der Waals surface area contributed by atoms with Crippen molar-refractivity contribution in [3.8, 4) is 0 Å². The van der Waals surface area contributed by atoms with Crippen molar-refractivity contribution in [1.82, 2.24) is 9.97 Å². The van der Waals surface area contributed by atoms with Crippen molar-refractivity contribution in [2.75, 3.05) is 10.7 Å². The number of aliphatic imine (C=N–C) groups is 1. The molecule has 9 heteroatoms. The maximum atomic E-state index is 13.6. The van der Waals surface area contributed by atoms with E-state index in [0.717, 1.165) is 5.75 Å². The van der Waals surface area contributed by atoms with Crippen molar-refractivity contribution in [2.24, 2.45) is 4.99 Å². The summed E-state index contributed by atoms with van der Waals surface area (Å²) in [4.78, 5) is 40.3. The van der Waals surface area contributed by atoms with Crippen LogP contribution >= 0.6 is 34.7 Å². The van der Waals surface area contributed by atoms with Gasteiger partial charge < -0.3 is 4.98 Å². The molecule has 1 amide bonds. The molecule has 1 aliphatic rings. The van der Waals surface area contributed by atoms with Gasteiger partial charge in [-0.15, -0.1) is 11.3 Å². The Morgan fingerprint density at radius 3 is 2.64 bits per heavy atom. The molecule has 2 aromatic heterocycles. The number of aromatic amines is 1. The van der Waals surface area contributed by atoms with Crippen molar-refractivity contribution >= 4 is 61.7 Å². The second-order valence-electron chi connectivity index (χ2n) is 6.58. The quantitative estimate of drug-likeness (QED) is 0.651. The highest BCUT2D eigenvalue weighted by molar-refractivity contribution is 8.14. The van der Waals surface area contributed by atoms with Gasteiger partial charge in [0.2, 0.25) is 0 Å². The Kier molecular flexibility index (Phi) is 5.03. The van der Waals surface area contributed by atoms with Gasteiger partial charge in [-0.1, -0.05) is 23.4 Å². The van der Waals surface area contributed by atoms with Crippen molar-refractivity contribution in [3.05, 3.63) is 55.9 Å². The molecule has 0 spiro atoms. The molecule has 28 heavy (non-hydrogen) atoms. The number of fused-ring (bicyclic) bond motifs is 1. The number of carbonyl (C=O) groups is 1. The van der Waals surface area contributed by atoms with Gasteiger partial charge in [0.05, 0.1) is 22.0 Å². The maximum Gasteiger partial charge on any atom is 0.274 e. The lowest BCUT2D eigenvalue weighted by Gasteiger charge is -2.22. The molecule has 1 atom stereocenters. The molecule has 6 nitrogen and oxygen atoms in total. The third-order valence-electron chi connectivity index (χ3n) is 4.38. The van der Waals surface area contributed by atoms with Crippen molar-refractivity contribution in [1.29, 1.82) is 0 Å². The lowest BCUT2D eigenvalue weighted by Crippen LogP contribution is -2.34. The number of hydrogen-bond acceptors (Lipinski definition) is 6. The summed E-state index contributed by atoms with van der Waals surface area (Å²) in [5.74, 6) is 1.12. The molecule has 0 saturated heterocycles. The average molecular weight is 433 g/mol. The number of nitrogens with one attached hydrogen (secondary N) is 1. The van der Waals surface area contributed by atoms with Crippen molar-refractivity contribution in [2.45, 2.75) is 26.8 Å². The maximum absolute atomic E-state index is 13.6. The smallest absolute Gasteiger partial charge is 0.274 e. The molecule has 0 aliphatic carbocycles. The van der Waals surface area contributed by atoms with Crippen molar-refractivity contribution < 1.29 is 4.79 Å². The minimum Gasteiger partial charge on any atom is -0.310 e. The number of aromatic nitrogens is 2. The molecule has 1 aromatic carbocycles. The van der Waals surface area contributed by atoms with E-state index in [9.17, 15) is 9.59 Å². The largest absolute Gasteiger partial charge is 0.310 e. The third kappa shape index (κ3) is 3.36. The number of carbonyl (C=O) groups excluding carboxylic acids is 1. The lowest BCUT2D eigenvalue weighted by molar-refractivity contribution is 0.101. The molecular formula is C19H17ClN4O2S2. The van der Waals surface area contributed by atoms with Crippen LogP contribution in [0.4, 0.5) is 5.69 Å². The summed E-state index contributed by atoms with van der Waals surface area (Å²) in [6, 6.07) is 7.22. The average Bonchev–Trinajstić information content (AvgIpc) is 3.20. The van der Waals surface area contributed by atoms with E-state index < -0.39 is 0 Å². The van der Waals surface area contributed by atoms with Gasteiger partial charge in [-0.05, 0) is 50.6 Å². The Hall–Kier alpha value is -2.16. The van der Waals surface area contributed by atoms with E-state index in [1.807, 2.05) is 6.92 Å². The first-order chi connectivity index (χ1) is 13.3. The minimum absolute atomic E-state index is 0.137. The Bertz CT molecular complexity index is 1170. The van der Waals surface area contributed by atoms with Crippen LogP contribution in [-0.4, -0.2) is 32.8 Å². The van der Waals surface area contributed by atoms with Gasteiger partial charge in [0.25, 0.3) is 11.5 Å². The highest BCUT2D eigenvalue weighted by atomic mass is 35.5. The second-order valence-corrected chi connectivity index (χ2v) is 9.00. The summed E-state index contributed by atoms with van der Waals surface area (Å²) in [7, 11) is 0. The molecule has 144 valence electrons. The lowest BCUT2D eigenvalue weighted by atomic mass is 10.2. The molecule has 1 aliphatic heterocycles. The van der Waals surface area contributed by atoms with E-state index in [1.165, 1.54) is 11.3 Å². The zero-order valence-corrected chi connectivity index (χ0v) is 17.8. The van der Waals surface area contributed by atoms with Crippen LogP contribution in [0.2, 0.25) is 5.02 Å². The van der Waals surface area contributed by atoms with Crippen LogP contribution in [0.5, 0.6) is 0 Å². The summed E-state index contributed by atoms with van der Waals surface area (Å²) < 4.78 is 0. The summed E-state index contributed by atoms with van der Waals surface area (Å²) >= 11 is 8.80. The Morgan fingerprint density at radius 2 is 2.00 bits per heavy atom. The summed E-state index contributed by atoms with van der Waals surface area (Å²) in [6.45, 7) is 5.52. The fraction of sp³-hybridized carbons (Fsp3) is 0.263. The molecule has 3 heterocycles. The first-order valence-corrected chi connectivity index (χ1v) is 10.8. The first kappa shape index (κ1) is 19.2. The Morgan fingerprint density at radius 1 is 1.29 bits per heavy atom. The number of thiophene rings is 1. The molecule has 3 aromatic rings. The number of hydrogen-bond donors (Lipinski definition) is 1. The summed E-state index contributed by atoms with van der Waals surface area (Å²) in [5, 5.41) is 1.70. The molecule has 0 fully saturated rings. The summed E-state index contributed by atoms with van der Waals surface area (Å²) in [5.41, 5.74) is 1.09. The molecular weight excluding hydrogens is 416 g/mol. The van der Waals surface area contributed by atoms with Gasteiger partial charge in [-0.3, -0.25) is 19.5 Å². The van der Waals surface area contributed by atoms with Crippen LogP contribution in [0.25, 0.3) is 10.2 Å². The van der Waals surface area contributed by atoms with Crippen LogP contribution in [0.1, 0.15) is 28.0 Å². The normalized spacial score (nSPS) is 16.4. The molecule has 4 rings (SSSR count). The highest BCUT2D eigenvalue weighted by Gasteiger charge is 2.30. The van der Waals surface area contributed by atoms with E-state index in [4.69, 9.17) is 11.6 Å². The van der Waals surface area contributed by atoms with E-state index >= 15 is 0 Å². The van der Waals surface area contributed by atoms with Crippen LogP contribution in [0.3, 0.4) is 0 Å². The fourth-order valence-corrected chi connectivity index (χ4v) is 5.36. The number of amidine groups is 1. The number of halogens is 1. The van der Waals surface area contributed by atoms with E-state index in [0.29, 0.717) is 42.4 Å². The highest BCUT2D eigenvalue weighted by Crippen LogP contribution is 2.33. The second kappa shape index (κ2) is 7.35. The van der Waals surface area contributed by atoms with Gasteiger partial charge in [-0.2, -0.15) is 0 Å². The molecule has 1 N–H and O–H groups in total. The first-order valence-electron chi connectivity index (χ1n) is 8.66. The summed E-state index contributed by atoms with van der Waals surface area (Å²) in [6.07, 6.45) is 0. The predicted molar refractivity (Wildman–Crippen MR) is 117 cm³/mol. The number of thioether (sulfide) groups is 1. The van der Waals surface area contributed by atoms with E-state index in [-0.39, 0.29) is 17.5 Å². The minimum atomic E-state index is -0.227. The monoisotopic (exact) mass is 432 g/mol. The standard InChI is InChI=1S/C19H17ClN4O2S2/c1-9-8-27-19(21-9)24(13-6-4-12(20)5-7-13)18(26)15-10(2)14-16(25)22-11(3)23-17(14)28-15/h4-7,9H,8H2,1-3H3,(H,22,23,25). The molecule has 1 unspecified atom stereocenters. The van der Waals surface area contributed by atoms with Gasteiger partial charge >= 0.3 is 0 Å². The fourth-order valence-electron chi connectivity index (χ4n) is 3.04. The molecule has 0 saturated carbocycles. The third-order valence-corrected chi connectivity index (χ3v) is 7.00. The topological polar surface area (TPSA) is 78.4 Å². The number of amides is 1. The number of nitrogens with zero attached hydrogens (tertiary/aromatic N) is 3. The van der Waals surface area contributed by atoms with E-state index in [2.05, 4.69) is 15.0 Å². The van der Waals surface area contributed by atoms with Gasteiger partial charge in [0.1, 0.15) is 10.7 Å². The van der Waals surface area contributed by atoms with Crippen LogP contribution in [-0.2, 0) is 0 Å². The molecule has 0 radical (unpaired) electrons. The number of anilines is 1. The van der Waals surface area contributed by atoms with Gasteiger partial charge in [0, 0.05) is 10.8 Å². The SMILES string of the molecule is Cc1nc2sc(C(=O)N(C3=NC(C)CS3)c3ccc(Cl)cc3)c(C)c2c(=O)[nH]1.